The van der Waals surface area contributed by atoms with Crippen LogP contribution in [0.25, 0.3) is 0 Å². The Morgan fingerprint density at radius 1 is 1.33 bits per heavy atom. The molecule has 0 radical (unpaired) electrons. The fourth-order valence-corrected chi connectivity index (χ4v) is 2.69. The van der Waals surface area contributed by atoms with Crippen LogP contribution in [0, 0.1) is 19.3 Å². The first-order valence-electron chi connectivity index (χ1n) is 6.48. The highest BCUT2D eigenvalue weighted by atomic mass is 16.5. The number of aliphatic hydroxyl groups is 1. The summed E-state index contributed by atoms with van der Waals surface area (Å²) in [7, 11) is 3.79. The zero-order chi connectivity index (χ0) is 13.3. The van der Waals surface area contributed by atoms with Crippen LogP contribution in [-0.4, -0.2) is 32.4 Å². The smallest absolute Gasteiger partial charge is 0.142 e. The monoisotopic (exact) mass is 249 g/mol. The number of ether oxygens (including phenoxy) is 1. The average molecular weight is 249 g/mol. The number of aryl methyl sites for hydroxylation is 2. The molecule has 1 N–H and O–H groups in total. The van der Waals surface area contributed by atoms with Crippen LogP contribution in [0.15, 0.2) is 12.1 Å². The molecule has 1 fully saturated rings. The third kappa shape index (κ3) is 2.46. The SMILES string of the molecule is COc1cc(C)cc(C)c1N(C)CC1(CO)CC1. The number of hydrogen-bond acceptors (Lipinski definition) is 3. The lowest BCUT2D eigenvalue weighted by atomic mass is 10.1. The minimum absolute atomic E-state index is 0.122. The molecule has 18 heavy (non-hydrogen) atoms. The molecule has 0 saturated heterocycles. The number of hydrogen-bond donors (Lipinski definition) is 1. The Kier molecular flexibility index (Phi) is 3.53. The van der Waals surface area contributed by atoms with Gasteiger partial charge in [-0.15, -0.1) is 0 Å². The first-order chi connectivity index (χ1) is 8.51. The van der Waals surface area contributed by atoms with E-state index < -0.39 is 0 Å². The van der Waals surface area contributed by atoms with Gasteiger partial charge in [-0.05, 0) is 43.9 Å². The quantitative estimate of drug-likeness (QED) is 0.870. The lowest BCUT2D eigenvalue weighted by molar-refractivity contribution is 0.215. The molecule has 3 nitrogen and oxygen atoms in total. The predicted octanol–water partition coefficient (Wildman–Crippen LogP) is 2.52. The first kappa shape index (κ1) is 13.2. The van der Waals surface area contributed by atoms with Crippen LogP contribution in [0.4, 0.5) is 5.69 Å². The number of anilines is 1. The summed E-state index contributed by atoms with van der Waals surface area (Å²) in [4.78, 5) is 2.22. The lowest BCUT2D eigenvalue weighted by Gasteiger charge is -2.27. The molecule has 0 amide bonds. The molecule has 0 unspecified atom stereocenters. The van der Waals surface area contributed by atoms with Crippen LogP contribution >= 0.6 is 0 Å². The van der Waals surface area contributed by atoms with Gasteiger partial charge in [0.15, 0.2) is 0 Å². The molecule has 0 aromatic heterocycles. The highest BCUT2D eigenvalue weighted by Gasteiger charge is 2.43. The normalized spacial score (nSPS) is 16.5. The number of rotatable bonds is 5. The van der Waals surface area contributed by atoms with Gasteiger partial charge in [0.05, 0.1) is 19.4 Å². The van der Waals surface area contributed by atoms with Gasteiger partial charge in [-0.25, -0.2) is 0 Å². The number of benzene rings is 1. The Morgan fingerprint density at radius 2 is 2.00 bits per heavy atom. The van der Waals surface area contributed by atoms with E-state index in [4.69, 9.17) is 4.74 Å². The molecule has 3 heteroatoms. The first-order valence-corrected chi connectivity index (χ1v) is 6.48. The van der Waals surface area contributed by atoms with Gasteiger partial charge in [-0.1, -0.05) is 6.07 Å². The van der Waals surface area contributed by atoms with Crippen LogP contribution < -0.4 is 9.64 Å². The minimum Gasteiger partial charge on any atom is -0.495 e. The van der Waals surface area contributed by atoms with E-state index in [-0.39, 0.29) is 12.0 Å². The molecule has 0 heterocycles. The largest absolute Gasteiger partial charge is 0.495 e. The molecule has 1 aliphatic carbocycles. The summed E-state index contributed by atoms with van der Waals surface area (Å²) in [6, 6.07) is 4.24. The highest BCUT2D eigenvalue weighted by Crippen LogP contribution is 2.47. The zero-order valence-corrected chi connectivity index (χ0v) is 11.8. The van der Waals surface area contributed by atoms with Crippen molar-refractivity contribution in [2.45, 2.75) is 26.7 Å². The molecule has 0 atom stereocenters. The predicted molar refractivity (Wildman–Crippen MR) is 74.5 cm³/mol. The molecule has 1 saturated carbocycles. The van der Waals surface area contributed by atoms with Gasteiger partial charge in [0.25, 0.3) is 0 Å². The standard InChI is InChI=1S/C15H23NO2/c1-11-7-12(2)14(13(8-11)18-4)16(3)9-15(10-17)5-6-15/h7-8,17H,5-6,9-10H2,1-4H3. The molecule has 0 aliphatic heterocycles. The fraction of sp³-hybridized carbons (Fsp3) is 0.600. The Morgan fingerprint density at radius 3 is 2.50 bits per heavy atom. The molecule has 1 aliphatic rings. The summed E-state index contributed by atoms with van der Waals surface area (Å²) in [6.45, 7) is 5.36. The highest BCUT2D eigenvalue weighted by molar-refractivity contribution is 5.64. The number of nitrogens with zero attached hydrogens (tertiary/aromatic N) is 1. The second kappa shape index (κ2) is 4.81. The topological polar surface area (TPSA) is 32.7 Å². The molecule has 0 bridgehead atoms. The van der Waals surface area contributed by atoms with Crippen molar-refractivity contribution in [1.82, 2.24) is 0 Å². The van der Waals surface area contributed by atoms with Crippen molar-refractivity contribution in [3.05, 3.63) is 23.3 Å². The maximum Gasteiger partial charge on any atom is 0.142 e. The second-order valence-corrected chi connectivity index (χ2v) is 5.65. The third-order valence-corrected chi connectivity index (χ3v) is 3.88. The van der Waals surface area contributed by atoms with Crippen molar-refractivity contribution >= 4 is 5.69 Å². The van der Waals surface area contributed by atoms with Crippen molar-refractivity contribution in [1.29, 1.82) is 0 Å². The van der Waals surface area contributed by atoms with E-state index in [1.165, 1.54) is 11.1 Å². The van der Waals surface area contributed by atoms with E-state index in [1.54, 1.807) is 7.11 Å². The van der Waals surface area contributed by atoms with Gasteiger partial charge < -0.3 is 14.7 Å². The van der Waals surface area contributed by atoms with Crippen molar-refractivity contribution in [3.63, 3.8) is 0 Å². The van der Waals surface area contributed by atoms with Gasteiger partial charge in [0, 0.05) is 19.0 Å². The van der Waals surface area contributed by atoms with Gasteiger partial charge in [-0.2, -0.15) is 0 Å². The van der Waals surface area contributed by atoms with Crippen LogP contribution in [0.3, 0.4) is 0 Å². The number of aliphatic hydroxyl groups excluding tert-OH is 1. The van der Waals surface area contributed by atoms with E-state index in [1.807, 2.05) is 0 Å². The Bertz CT molecular complexity index is 438. The van der Waals surface area contributed by atoms with Gasteiger partial charge in [0.1, 0.15) is 5.75 Å². The van der Waals surface area contributed by atoms with E-state index in [2.05, 4.69) is 37.9 Å². The Balaban J connectivity index is 2.26. The molecule has 1 aromatic carbocycles. The average Bonchev–Trinajstić information content (AvgIpc) is 3.08. The van der Waals surface area contributed by atoms with Crippen molar-refractivity contribution < 1.29 is 9.84 Å². The zero-order valence-electron chi connectivity index (χ0n) is 11.8. The molecule has 1 aromatic rings. The van der Waals surface area contributed by atoms with Gasteiger partial charge in [-0.3, -0.25) is 0 Å². The van der Waals surface area contributed by atoms with Gasteiger partial charge in [0.2, 0.25) is 0 Å². The summed E-state index contributed by atoms with van der Waals surface area (Å²) in [5.74, 6) is 0.920. The maximum atomic E-state index is 9.43. The second-order valence-electron chi connectivity index (χ2n) is 5.65. The minimum atomic E-state index is 0.122. The molecule has 100 valence electrons. The molecular weight excluding hydrogens is 226 g/mol. The molecule has 2 rings (SSSR count). The van der Waals surface area contributed by atoms with Crippen molar-refractivity contribution in [2.75, 3.05) is 32.2 Å². The summed E-state index contributed by atoms with van der Waals surface area (Å²) < 4.78 is 5.49. The number of methoxy groups -OCH3 is 1. The van der Waals surface area contributed by atoms with Crippen LogP contribution in [0.2, 0.25) is 0 Å². The Hall–Kier alpha value is -1.22. The third-order valence-electron chi connectivity index (χ3n) is 3.88. The van der Waals surface area contributed by atoms with Crippen LogP contribution in [-0.2, 0) is 0 Å². The van der Waals surface area contributed by atoms with Crippen LogP contribution in [0.1, 0.15) is 24.0 Å². The molecule has 0 spiro atoms. The summed E-state index contributed by atoms with van der Waals surface area (Å²) in [6.07, 6.45) is 2.25. The van der Waals surface area contributed by atoms with Crippen LogP contribution in [0.5, 0.6) is 5.75 Å². The summed E-state index contributed by atoms with van der Waals surface area (Å²) >= 11 is 0. The van der Waals surface area contributed by atoms with Crippen molar-refractivity contribution in [3.8, 4) is 5.75 Å². The summed E-state index contributed by atoms with van der Waals surface area (Å²) in [5, 5.41) is 9.43. The Labute approximate surface area is 109 Å². The molecular formula is C15H23NO2. The maximum absolute atomic E-state index is 9.43. The van der Waals surface area contributed by atoms with E-state index in [0.717, 1.165) is 30.8 Å². The van der Waals surface area contributed by atoms with E-state index in [9.17, 15) is 5.11 Å². The van der Waals surface area contributed by atoms with Crippen molar-refractivity contribution in [2.24, 2.45) is 5.41 Å². The summed E-state index contributed by atoms with van der Waals surface area (Å²) in [5.41, 5.74) is 3.70. The van der Waals surface area contributed by atoms with Gasteiger partial charge >= 0.3 is 0 Å². The lowest BCUT2D eigenvalue weighted by Crippen LogP contribution is -2.29. The van der Waals surface area contributed by atoms with E-state index in [0.29, 0.717) is 0 Å². The van der Waals surface area contributed by atoms with E-state index >= 15 is 0 Å². The fourth-order valence-electron chi connectivity index (χ4n) is 2.69.